The predicted molar refractivity (Wildman–Crippen MR) is 108 cm³/mol. The maximum atomic E-state index is 13.9. The van der Waals surface area contributed by atoms with Crippen molar-refractivity contribution in [1.29, 1.82) is 21.2 Å². The van der Waals surface area contributed by atoms with E-state index in [9.17, 15) is 29.0 Å². The van der Waals surface area contributed by atoms with Gasteiger partial charge in [0.2, 0.25) is 17.1 Å². The summed E-state index contributed by atoms with van der Waals surface area (Å²) in [5.74, 6) is -3.72. The van der Waals surface area contributed by atoms with Crippen molar-refractivity contribution >= 4 is 17.5 Å². The van der Waals surface area contributed by atoms with Crippen molar-refractivity contribution in [2.45, 2.75) is 25.0 Å². The van der Waals surface area contributed by atoms with E-state index in [2.05, 4.69) is 0 Å². The largest absolute Gasteiger partial charge is 0.443 e. The van der Waals surface area contributed by atoms with Gasteiger partial charge in [-0.2, -0.15) is 29.0 Å². The molecule has 166 valence electrons. The predicted octanol–water partition coefficient (Wildman–Crippen LogP) is 5.47. The first-order valence-corrected chi connectivity index (χ1v) is 10.0. The van der Waals surface area contributed by atoms with Gasteiger partial charge in [0, 0.05) is 10.6 Å². The highest BCUT2D eigenvalue weighted by Gasteiger charge is 2.80. The van der Waals surface area contributed by atoms with E-state index in [-0.39, 0.29) is 5.56 Å². The SMILES string of the molecule is CC1C2(c3ccc(Cl)cc3)OC(=N)C1(C#N)C(C#N)(C#N)C(c1ccccc1C(F)(F)F)O2. The highest BCUT2D eigenvalue weighted by Crippen LogP contribution is 2.69. The Balaban J connectivity index is 2.08. The van der Waals surface area contributed by atoms with Gasteiger partial charge in [0.1, 0.15) is 6.10 Å². The average Bonchev–Trinajstić information content (AvgIpc) is 2.95. The Morgan fingerprint density at radius 3 is 2.15 bits per heavy atom. The van der Waals surface area contributed by atoms with Gasteiger partial charge in [0.05, 0.1) is 29.7 Å². The maximum absolute atomic E-state index is 13.9. The zero-order valence-electron chi connectivity index (χ0n) is 16.9. The van der Waals surface area contributed by atoms with Crippen LogP contribution in [0.25, 0.3) is 0 Å². The molecule has 4 atom stereocenters. The first-order valence-electron chi connectivity index (χ1n) is 9.66. The number of alkyl halides is 3. The number of nitrogens with one attached hydrogen (secondary N) is 1. The summed E-state index contributed by atoms with van der Waals surface area (Å²) in [5.41, 5.74) is -6.06. The quantitative estimate of drug-likeness (QED) is 0.625. The number of hydrogen-bond acceptors (Lipinski definition) is 6. The van der Waals surface area contributed by atoms with E-state index in [4.69, 9.17) is 26.5 Å². The number of halogens is 4. The highest BCUT2D eigenvalue weighted by atomic mass is 35.5. The Bertz CT molecular complexity index is 1260. The van der Waals surface area contributed by atoms with E-state index < -0.39 is 51.8 Å². The van der Waals surface area contributed by atoms with Crippen molar-refractivity contribution in [3.05, 3.63) is 70.2 Å². The Kier molecular flexibility index (Phi) is 4.94. The van der Waals surface area contributed by atoms with Gasteiger partial charge in [-0.3, -0.25) is 5.41 Å². The van der Waals surface area contributed by atoms with E-state index in [1.807, 2.05) is 6.07 Å². The molecule has 0 aliphatic carbocycles. The second-order valence-corrected chi connectivity index (χ2v) is 8.30. The molecule has 4 rings (SSSR count). The van der Waals surface area contributed by atoms with Crippen molar-refractivity contribution in [3.8, 4) is 18.2 Å². The first kappa shape index (κ1) is 22.6. The number of ether oxygens (including phenoxy) is 2. The van der Waals surface area contributed by atoms with Gasteiger partial charge >= 0.3 is 6.18 Å². The fourth-order valence-corrected chi connectivity index (χ4v) is 4.94. The van der Waals surface area contributed by atoms with Gasteiger partial charge in [-0.1, -0.05) is 48.9 Å². The summed E-state index contributed by atoms with van der Waals surface area (Å²) in [4.78, 5) is 0. The average molecular weight is 471 g/mol. The molecule has 1 N–H and O–H groups in total. The number of rotatable bonds is 2. The number of hydrogen-bond donors (Lipinski definition) is 1. The number of nitrogens with zero attached hydrogens (tertiary/aromatic N) is 3. The van der Waals surface area contributed by atoms with Crippen LogP contribution < -0.4 is 0 Å². The van der Waals surface area contributed by atoms with Gasteiger partial charge in [-0.05, 0) is 23.8 Å². The van der Waals surface area contributed by atoms with Gasteiger partial charge in [0.25, 0.3) is 0 Å². The summed E-state index contributed by atoms with van der Waals surface area (Å²) >= 11 is 5.97. The zero-order valence-corrected chi connectivity index (χ0v) is 17.7. The standard InChI is InChI=1S/C23H14ClF3N4O2/c1-13-21(12-30)19(31)33-22(13,14-6-8-15(24)9-7-14)32-18(20(21,10-28)11-29)16-4-2-3-5-17(16)23(25,26)27/h2-9,13,18,31H,1H3. The summed E-state index contributed by atoms with van der Waals surface area (Å²) in [6.07, 6.45) is -6.69. The van der Waals surface area contributed by atoms with E-state index in [0.29, 0.717) is 5.02 Å². The summed E-state index contributed by atoms with van der Waals surface area (Å²) in [6.45, 7) is 1.47. The molecule has 2 aromatic carbocycles. The van der Waals surface area contributed by atoms with Crippen molar-refractivity contribution in [2.75, 3.05) is 0 Å². The molecule has 2 aliphatic heterocycles. The molecule has 0 saturated carbocycles. The topological polar surface area (TPSA) is 114 Å². The molecule has 10 heteroatoms. The van der Waals surface area contributed by atoms with Crippen LogP contribution >= 0.6 is 11.6 Å². The normalized spacial score (nSPS) is 29.9. The Labute approximate surface area is 191 Å². The third-order valence-electron chi connectivity index (χ3n) is 6.46. The number of nitriles is 3. The lowest BCUT2D eigenvalue weighted by atomic mass is 9.53. The Hall–Kier alpha value is -3.58. The molecule has 2 bridgehead atoms. The molecule has 0 radical (unpaired) electrons. The molecule has 0 spiro atoms. The fourth-order valence-electron chi connectivity index (χ4n) is 4.81. The van der Waals surface area contributed by atoms with Gasteiger partial charge in [0.15, 0.2) is 5.41 Å². The maximum Gasteiger partial charge on any atom is 0.416 e. The smallest absolute Gasteiger partial charge is 0.416 e. The summed E-state index contributed by atoms with van der Waals surface area (Å²) in [6, 6.07) is 15.7. The van der Waals surface area contributed by atoms with Crippen LogP contribution in [-0.4, -0.2) is 5.90 Å². The lowest BCUT2D eigenvalue weighted by Crippen LogP contribution is -2.57. The van der Waals surface area contributed by atoms with Crippen LogP contribution in [0.15, 0.2) is 48.5 Å². The van der Waals surface area contributed by atoms with Gasteiger partial charge in [-0.15, -0.1) is 0 Å². The molecular weight excluding hydrogens is 457 g/mol. The second-order valence-electron chi connectivity index (χ2n) is 7.86. The minimum Gasteiger partial charge on any atom is -0.443 e. The molecule has 2 saturated heterocycles. The first-order chi connectivity index (χ1) is 15.5. The van der Waals surface area contributed by atoms with Gasteiger partial charge < -0.3 is 9.47 Å². The molecule has 2 heterocycles. The number of fused-ring (bicyclic) bond motifs is 2. The third-order valence-corrected chi connectivity index (χ3v) is 6.72. The third kappa shape index (κ3) is 2.72. The van der Waals surface area contributed by atoms with E-state index >= 15 is 0 Å². The van der Waals surface area contributed by atoms with E-state index in [1.54, 1.807) is 12.1 Å². The molecule has 0 aromatic heterocycles. The van der Waals surface area contributed by atoms with Crippen LogP contribution in [0.2, 0.25) is 5.02 Å². The number of benzene rings is 2. The molecule has 6 nitrogen and oxygen atoms in total. The molecule has 2 fully saturated rings. The van der Waals surface area contributed by atoms with Crippen molar-refractivity contribution < 1.29 is 22.6 Å². The Morgan fingerprint density at radius 2 is 1.61 bits per heavy atom. The lowest BCUT2D eigenvalue weighted by molar-refractivity contribution is -0.289. The van der Waals surface area contributed by atoms with Crippen molar-refractivity contribution in [2.24, 2.45) is 16.7 Å². The van der Waals surface area contributed by atoms with Crippen molar-refractivity contribution in [1.82, 2.24) is 0 Å². The molecule has 33 heavy (non-hydrogen) atoms. The molecule has 2 aromatic rings. The van der Waals surface area contributed by atoms with Crippen LogP contribution in [0.4, 0.5) is 13.2 Å². The monoisotopic (exact) mass is 470 g/mol. The minimum absolute atomic E-state index is 0.278. The van der Waals surface area contributed by atoms with Crippen molar-refractivity contribution in [3.63, 3.8) is 0 Å². The van der Waals surface area contributed by atoms with Gasteiger partial charge in [-0.25, -0.2) is 0 Å². The molecule has 4 unspecified atom stereocenters. The Morgan fingerprint density at radius 1 is 1.00 bits per heavy atom. The van der Waals surface area contributed by atoms with E-state index in [0.717, 1.165) is 12.1 Å². The highest BCUT2D eigenvalue weighted by molar-refractivity contribution is 6.30. The zero-order chi connectivity index (χ0) is 24.2. The van der Waals surface area contributed by atoms with E-state index in [1.165, 1.54) is 43.3 Å². The van der Waals surface area contributed by atoms with Crippen LogP contribution in [0.5, 0.6) is 0 Å². The second kappa shape index (κ2) is 7.22. The van der Waals surface area contributed by atoms with Crippen LogP contribution in [0.3, 0.4) is 0 Å². The summed E-state index contributed by atoms with van der Waals surface area (Å²) < 4.78 is 53.5. The fraction of sp³-hybridized carbons (Fsp3) is 0.304. The molecule has 0 amide bonds. The summed E-state index contributed by atoms with van der Waals surface area (Å²) in [5, 5.41) is 39.4. The minimum atomic E-state index is -4.83. The van der Waals surface area contributed by atoms with Crippen LogP contribution in [-0.2, 0) is 21.4 Å². The lowest BCUT2D eigenvalue weighted by Gasteiger charge is -2.49. The molecular formula is C23H14ClF3N4O2. The summed E-state index contributed by atoms with van der Waals surface area (Å²) in [7, 11) is 0. The molecule has 2 aliphatic rings. The van der Waals surface area contributed by atoms with Crippen LogP contribution in [0, 0.1) is 56.2 Å². The van der Waals surface area contributed by atoms with Crippen LogP contribution in [0.1, 0.15) is 29.7 Å².